The van der Waals surface area contributed by atoms with Crippen LogP contribution in [0.15, 0.2) is 41.5 Å². The monoisotopic (exact) mass is 401 g/mol. The first-order valence-corrected chi connectivity index (χ1v) is 10.8. The number of piperidine rings is 1. The Labute approximate surface area is 176 Å². The van der Waals surface area contributed by atoms with Gasteiger partial charge in [0.15, 0.2) is 5.69 Å². The van der Waals surface area contributed by atoms with E-state index in [1.54, 1.807) is 7.05 Å². The maximum atomic E-state index is 13.3. The molecule has 1 fully saturated rings. The average molecular weight is 402 g/mol. The quantitative estimate of drug-likeness (QED) is 0.629. The van der Waals surface area contributed by atoms with Crippen molar-refractivity contribution in [3.63, 3.8) is 0 Å². The predicted molar refractivity (Wildman–Crippen MR) is 118 cm³/mol. The van der Waals surface area contributed by atoms with Gasteiger partial charge in [0.25, 0.3) is 5.91 Å². The van der Waals surface area contributed by atoms with Crippen LogP contribution in [0.3, 0.4) is 0 Å². The van der Waals surface area contributed by atoms with Crippen LogP contribution in [0.4, 0.5) is 0 Å². The third-order valence-electron chi connectivity index (χ3n) is 6.37. The highest BCUT2D eigenvalue weighted by atomic mass is 16.2. The minimum absolute atomic E-state index is 0.0608. The lowest BCUT2D eigenvalue weighted by molar-refractivity contribution is 0.0652. The predicted octanol–water partition coefficient (Wildman–Crippen LogP) is 3.69. The highest BCUT2D eigenvalue weighted by Crippen LogP contribution is 2.35. The summed E-state index contributed by atoms with van der Waals surface area (Å²) in [4.78, 5) is 24.0. The molecule has 0 aliphatic carbocycles. The third kappa shape index (κ3) is 3.30. The summed E-state index contributed by atoms with van der Waals surface area (Å²) in [6, 6.07) is 10.4. The summed E-state index contributed by atoms with van der Waals surface area (Å²) in [6.07, 6.45) is 6.90. The van der Waals surface area contributed by atoms with Crippen molar-refractivity contribution in [1.29, 1.82) is 0 Å². The minimum Gasteiger partial charge on any atom is -0.336 e. The van der Waals surface area contributed by atoms with E-state index in [-0.39, 0.29) is 11.8 Å². The van der Waals surface area contributed by atoms with Gasteiger partial charge in [-0.05, 0) is 42.9 Å². The van der Waals surface area contributed by atoms with Crippen molar-refractivity contribution in [3.05, 3.63) is 59.0 Å². The number of benzene rings is 1. The number of amides is 1. The number of aryl methyl sites for hydroxylation is 2. The van der Waals surface area contributed by atoms with E-state index >= 15 is 0 Å². The summed E-state index contributed by atoms with van der Waals surface area (Å²) in [6.45, 7) is 4.66. The van der Waals surface area contributed by atoms with Gasteiger partial charge in [-0.2, -0.15) is 5.10 Å². The van der Waals surface area contributed by atoms with E-state index in [1.807, 2.05) is 34.1 Å². The number of fused-ring (bicyclic) bond motifs is 2. The van der Waals surface area contributed by atoms with Crippen LogP contribution in [0.5, 0.6) is 0 Å². The summed E-state index contributed by atoms with van der Waals surface area (Å²) in [7, 11) is 1.78. The number of aromatic nitrogens is 3. The van der Waals surface area contributed by atoms with Gasteiger partial charge in [0, 0.05) is 61.7 Å². The molecule has 0 unspecified atom stereocenters. The lowest BCUT2D eigenvalue weighted by atomic mass is 9.83. The van der Waals surface area contributed by atoms with E-state index in [9.17, 15) is 4.79 Å². The number of likely N-dealkylation sites (tertiary alicyclic amines) is 1. The number of hydrogen-bond donors (Lipinski definition) is 0. The van der Waals surface area contributed by atoms with Gasteiger partial charge in [0.1, 0.15) is 0 Å². The first-order chi connectivity index (χ1) is 14.6. The molecule has 0 radical (unpaired) electrons. The van der Waals surface area contributed by atoms with Crippen molar-refractivity contribution in [2.75, 3.05) is 20.1 Å². The molecule has 2 aliphatic rings. The Kier molecular flexibility index (Phi) is 4.85. The van der Waals surface area contributed by atoms with Gasteiger partial charge >= 0.3 is 0 Å². The van der Waals surface area contributed by atoms with Crippen LogP contribution in [0.25, 0.3) is 10.9 Å². The van der Waals surface area contributed by atoms with Crippen LogP contribution >= 0.6 is 0 Å². The summed E-state index contributed by atoms with van der Waals surface area (Å²) >= 11 is 0. The second-order valence-electron chi connectivity index (χ2n) is 8.63. The fraction of sp³-hybridized carbons (Fsp3) is 0.417. The van der Waals surface area contributed by atoms with Crippen LogP contribution in [-0.4, -0.2) is 51.9 Å². The van der Waals surface area contributed by atoms with E-state index < -0.39 is 0 Å². The van der Waals surface area contributed by atoms with E-state index in [0.29, 0.717) is 11.6 Å². The average Bonchev–Trinajstić information content (AvgIpc) is 3.35. The second-order valence-corrected chi connectivity index (χ2v) is 8.63. The minimum atomic E-state index is 0.0608. The van der Waals surface area contributed by atoms with Gasteiger partial charge in [-0.15, -0.1) is 0 Å². The van der Waals surface area contributed by atoms with Crippen molar-refractivity contribution in [3.8, 4) is 0 Å². The maximum absolute atomic E-state index is 13.3. The first-order valence-electron chi connectivity index (χ1n) is 10.8. The Hall–Kier alpha value is -3.02. The summed E-state index contributed by atoms with van der Waals surface area (Å²) in [5.41, 5.74) is 5.05. The van der Waals surface area contributed by atoms with E-state index in [2.05, 4.69) is 40.2 Å². The standard InChI is InChI=1S/C24H27N5O/c1-16-11-18(20-8-7-17(13-25-2)23-21(20)6-3-9-26-23)15-28(14-16)24(30)22-12-19-5-4-10-29(19)27-22/h3,6-9,12-13,16,18H,4-5,10-11,14-15H2,1-2H3/t16-,18+/m1/s1. The Balaban J connectivity index is 1.46. The summed E-state index contributed by atoms with van der Waals surface area (Å²) < 4.78 is 1.99. The molecule has 0 saturated carbocycles. The highest BCUT2D eigenvalue weighted by Gasteiger charge is 2.32. The Morgan fingerprint density at radius 3 is 3.00 bits per heavy atom. The molecule has 2 atom stereocenters. The number of carbonyl (C=O) groups excluding carboxylic acids is 1. The highest BCUT2D eigenvalue weighted by molar-refractivity contribution is 5.99. The normalized spacial score (nSPS) is 21.5. The van der Waals surface area contributed by atoms with Crippen LogP contribution in [-0.2, 0) is 13.0 Å². The number of rotatable bonds is 3. The molecule has 1 aromatic carbocycles. The van der Waals surface area contributed by atoms with Crippen LogP contribution in [0.2, 0.25) is 0 Å². The van der Waals surface area contributed by atoms with Gasteiger partial charge in [0.05, 0.1) is 5.52 Å². The molecule has 1 amide bonds. The summed E-state index contributed by atoms with van der Waals surface area (Å²) in [5.74, 6) is 0.780. The van der Waals surface area contributed by atoms with Gasteiger partial charge in [-0.25, -0.2) is 0 Å². The van der Waals surface area contributed by atoms with Gasteiger partial charge < -0.3 is 4.90 Å². The molecule has 154 valence electrons. The number of nitrogens with zero attached hydrogens (tertiary/aromatic N) is 5. The fourth-order valence-electron chi connectivity index (χ4n) is 5.09. The van der Waals surface area contributed by atoms with Crippen molar-refractivity contribution in [2.45, 2.75) is 38.6 Å². The SMILES string of the molecule is CN=Cc1ccc([C@H]2C[C@@H](C)CN(C(=O)c3cc4n(n3)CCC4)C2)c2cccnc12. The third-order valence-corrected chi connectivity index (χ3v) is 6.37. The Morgan fingerprint density at radius 2 is 2.17 bits per heavy atom. The number of carbonyl (C=O) groups is 1. The molecule has 6 nitrogen and oxygen atoms in total. The second kappa shape index (κ2) is 7.67. The molecule has 4 heterocycles. The molecule has 0 N–H and O–H groups in total. The maximum Gasteiger partial charge on any atom is 0.274 e. The Bertz CT molecular complexity index is 1110. The molecule has 3 aromatic rings. The topological polar surface area (TPSA) is 63.4 Å². The molecule has 1 saturated heterocycles. The van der Waals surface area contributed by atoms with E-state index in [0.717, 1.165) is 55.4 Å². The number of aliphatic imine (C=N–C) groups is 1. The lowest BCUT2D eigenvalue weighted by Gasteiger charge is -2.37. The zero-order chi connectivity index (χ0) is 20.7. The van der Waals surface area contributed by atoms with Crippen LogP contribution < -0.4 is 0 Å². The molecule has 0 spiro atoms. The molecule has 2 aliphatic heterocycles. The molecule has 5 rings (SSSR count). The van der Waals surface area contributed by atoms with Crippen molar-refractivity contribution in [2.24, 2.45) is 10.9 Å². The zero-order valence-electron chi connectivity index (χ0n) is 17.6. The van der Waals surface area contributed by atoms with Gasteiger partial charge in [0.2, 0.25) is 0 Å². The number of pyridine rings is 1. The molecular weight excluding hydrogens is 374 g/mol. The van der Waals surface area contributed by atoms with Gasteiger partial charge in [-0.3, -0.25) is 19.5 Å². The number of hydrogen-bond acceptors (Lipinski definition) is 4. The van der Waals surface area contributed by atoms with E-state index in [1.165, 1.54) is 11.3 Å². The smallest absolute Gasteiger partial charge is 0.274 e. The largest absolute Gasteiger partial charge is 0.336 e. The Morgan fingerprint density at radius 1 is 1.27 bits per heavy atom. The van der Waals surface area contributed by atoms with Gasteiger partial charge in [-0.1, -0.05) is 25.1 Å². The first kappa shape index (κ1) is 19.0. The summed E-state index contributed by atoms with van der Waals surface area (Å²) in [5, 5.41) is 5.73. The molecular formula is C24H27N5O. The molecule has 2 aromatic heterocycles. The van der Waals surface area contributed by atoms with Crippen LogP contribution in [0.1, 0.15) is 53.0 Å². The van der Waals surface area contributed by atoms with Crippen molar-refractivity contribution in [1.82, 2.24) is 19.7 Å². The van der Waals surface area contributed by atoms with Crippen LogP contribution in [0, 0.1) is 5.92 Å². The molecule has 0 bridgehead atoms. The fourth-order valence-corrected chi connectivity index (χ4v) is 5.09. The van der Waals surface area contributed by atoms with Crippen molar-refractivity contribution >= 4 is 23.0 Å². The van der Waals surface area contributed by atoms with E-state index in [4.69, 9.17) is 0 Å². The molecule has 6 heteroatoms. The van der Waals surface area contributed by atoms with Crippen molar-refractivity contribution < 1.29 is 4.79 Å². The molecule has 30 heavy (non-hydrogen) atoms. The lowest BCUT2D eigenvalue weighted by Crippen LogP contribution is -2.42. The zero-order valence-corrected chi connectivity index (χ0v) is 17.6.